The Hall–Kier alpha value is -0.480. The van der Waals surface area contributed by atoms with E-state index >= 15 is 0 Å². The normalized spacial score (nSPS) is 17.4. The van der Waals surface area contributed by atoms with Gasteiger partial charge >= 0.3 is 0 Å². The highest BCUT2D eigenvalue weighted by molar-refractivity contribution is 8.00. The Morgan fingerprint density at radius 2 is 2.27 bits per heavy atom. The summed E-state index contributed by atoms with van der Waals surface area (Å²) >= 11 is 1.79. The number of carbonyl (C=O) groups excluding carboxylic acids is 1. The van der Waals surface area contributed by atoms with Gasteiger partial charge in [0, 0.05) is 18.8 Å². The van der Waals surface area contributed by atoms with E-state index in [9.17, 15) is 4.79 Å². The zero-order valence-electron chi connectivity index (χ0n) is 9.37. The van der Waals surface area contributed by atoms with Crippen molar-refractivity contribution >= 4 is 17.7 Å². The van der Waals surface area contributed by atoms with Crippen molar-refractivity contribution in [3.63, 3.8) is 0 Å². The summed E-state index contributed by atoms with van der Waals surface area (Å²) in [6.07, 6.45) is 4.12. The number of hydrogen-bond donors (Lipinski definition) is 1. The average Bonchev–Trinajstić information content (AvgIpc) is 2.27. The first-order chi connectivity index (χ1) is 7.24. The molecule has 1 N–H and O–H groups in total. The van der Waals surface area contributed by atoms with Crippen LogP contribution in [0.15, 0.2) is 12.7 Å². The van der Waals surface area contributed by atoms with Gasteiger partial charge in [0.25, 0.3) is 0 Å². The molecule has 15 heavy (non-hydrogen) atoms. The molecule has 0 aliphatic carbocycles. The van der Waals surface area contributed by atoms with E-state index in [1.807, 2.05) is 7.05 Å². The van der Waals surface area contributed by atoms with Gasteiger partial charge in [0.2, 0.25) is 5.91 Å². The second kappa shape index (κ2) is 6.90. The van der Waals surface area contributed by atoms with Crippen molar-refractivity contribution in [2.75, 3.05) is 32.4 Å². The lowest BCUT2D eigenvalue weighted by Crippen LogP contribution is -2.32. The van der Waals surface area contributed by atoms with Crippen LogP contribution in [0.1, 0.15) is 12.8 Å². The van der Waals surface area contributed by atoms with Gasteiger partial charge < -0.3 is 10.2 Å². The van der Waals surface area contributed by atoms with Crippen molar-refractivity contribution in [2.24, 2.45) is 0 Å². The summed E-state index contributed by atoms with van der Waals surface area (Å²) in [6.45, 7) is 6.45. The summed E-state index contributed by atoms with van der Waals surface area (Å²) in [6, 6.07) is 0. The highest BCUT2D eigenvalue weighted by Gasteiger charge is 2.15. The largest absolute Gasteiger partial charge is 0.341 e. The van der Waals surface area contributed by atoms with Crippen molar-refractivity contribution in [3.05, 3.63) is 12.7 Å². The first kappa shape index (κ1) is 12.6. The van der Waals surface area contributed by atoms with E-state index in [2.05, 4.69) is 11.9 Å². The summed E-state index contributed by atoms with van der Waals surface area (Å²) in [4.78, 5) is 13.3. The van der Waals surface area contributed by atoms with Crippen LogP contribution in [-0.4, -0.2) is 48.5 Å². The maximum absolute atomic E-state index is 11.6. The maximum atomic E-state index is 11.6. The van der Waals surface area contributed by atoms with Crippen LogP contribution in [0.2, 0.25) is 0 Å². The van der Waals surface area contributed by atoms with E-state index in [0.29, 0.717) is 17.5 Å². The Morgan fingerprint density at radius 1 is 1.60 bits per heavy atom. The zero-order chi connectivity index (χ0) is 11.1. The molecule has 1 fully saturated rings. The van der Waals surface area contributed by atoms with E-state index in [1.165, 1.54) is 12.8 Å². The van der Waals surface area contributed by atoms with Crippen molar-refractivity contribution in [3.8, 4) is 0 Å². The third-order valence-electron chi connectivity index (χ3n) is 2.56. The first-order valence-corrected chi connectivity index (χ1v) is 6.46. The quantitative estimate of drug-likeness (QED) is 0.716. The molecule has 1 amide bonds. The molecule has 0 saturated carbocycles. The number of likely N-dealkylation sites (N-methyl/N-ethyl adjacent to an activating group) is 1. The number of carbonyl (C=O) groups is 1. The fourth-order valence-electron chi connectivity index (χ4n) is 1.56. The minimum Gasteiger partial charge on any atom is -0.341 e. The molecule has 0 atom stereocenters. The second-order valence-corrected chi connectivity index (χ2v) is 5.11. The predicted octanol–water partition coefficient (Wildman–Crippen LogP) is 1.12. The molecule has 0 radical (unpaired) electrons. The number of rotatable bonds is 5. The van der Waals surface area contributed by atoms with Crippen LogP contribution in [-0.2, 0) is 4.79 Å². The molecule has 1 saturated heterocycles. The molecule has 0 bridgehead atoms. The lowest BCUT2D eigenvalue weighted by atomic mass is 10.2. The van der Waals surface area contributed by atoms with Crippen LogP contribution in [0.4, 0.5) is 0 Å². The van der Waals surface area contributed by atoms with Crippen molar-refractivity contribution in [1.82, 2.24) is 10.2 Å². The Bertz CT molecular complexity index is 215. The Labute approximate surface area is 96.3 Å². The molecular weight excluding hydrogens is 208 g/mol. The van der Waals surface area contributed by atoms with E-state index < -0.39 is 0 Å². The van der Waals surface area contributed by atoms with Crippen LogP contribution in [0.25, 0.3) is 0 Å². The fourth-order valence-corrected chi connectivity index (χ4v) is 2.72. The molecule has 1 aliphatic heterocycles. The number of nitrogens with zero attached hydrogens (tertiary/aromatic N) is 1. The van der Waals surface area contributed by atoms with Gasteiger partial charge in [-0.05, 0) is 25.9 Å². The SMILES string of the molecule is C=CCN(C)C(=O)CSC1CCNCC1. The molecule has 0 spiro atoms. The van der Waals surface area contributed by atoms with Crippen LogP contribution < -0.4 is 5.32 Å². The van der Waals surface area contributed by atoms with E-state index in [4.69, 9.17) is 0 Å². The summed E-state index contributed by atoms with van der Waals surface area (Å²) in [5.74, 6) is 0.813. The van der Waals surface area contributed by atoms with E-state index in [1.54, 1.807) is 22.7 Å². The third kappa shape index (κ3) is 4.71. The smallest absolute Gasteiger partial charge is 0.232 e. The van der Waals surface area contributed by atoms with Gasteiger partial charge in [-0.25, -0.2) is 0 Å². The standard InChI is InChI=1S/C11H20N2OS/c1-3-8-13(2)11(14)9-15-10-4-6-12-7-5-10/h3,10,12H,1,4-9H2,2H3. The number of amides is 1. The van der Waals surface area contributed by atoms with E-state index in [0.717, 1.165) is 13.1 Å². The molecule has 3 nitrogen and oxygen atoms in total. The number of thioether (sulfide) groups is 1. The van der Waals surface area contributed by atoms with Crippen LogP contribution in [0.3, 0.4) is 0 Å². The lowest BCUT2D eigenvalue weighted by molar-refractivity contribution is -0.126. The van der Waals surface area contributed by atoms with Gasteiger partial charge in [-0.2, -0.15) is 0 Å². The van der Waals surface area contributed by atoms with Gasteiger partial charge in [-0.15, -0.1) is 18.3 Å². The molecular formula is C11H20N2OS. The highest BCUT2D eigenvalue weighted by Crippen LogP contribution is 2.20. The molecule has 0 aromatic carbocycles. The molecule has 4 heteroatoms. The number of hydrogen-bond acceptors (Lipinski definition) is 3. The van der Waals surface area contributed by atoms with Gasteiger partial charge in [-0.1, -0.05) is 6.08 Å². The summed E-state index contributed by atoms with van der Waals surface area (Å²) in [7, 11) is 1.83. The lowest BCUT2D eigenvalue weighted by Gasteiger charge is -2.23. The molecule has 1 aliphatic rings. The van der Waals surface area contributed by atoms with Crippen LogP contribution >= 0.6 is 11.8 Å². The van der Waals surface area contributed by atoms with Gasteiger partial charge in [0.05, 0.1) is 5.75 Å². The highest BCUT2D eigenvalue weighted by atomic mass is 32.2. The average molecular weight is 228 g/mol. The Kier molecular flexibility index (Phi) is 5.79. The molecule has 0 aromatic heterocycles. The van der Waals surface area contributed by atoms with Gasteiger partial charge in [0.1, 0.15) is 0 Å². The van der Waals surface area contributed by atoms with Gasteiger partial charge in [0.15, 0.2) is 0 Å². The molecule has 0 aromatic rings. The van der Waals surface area contributed by atoms with Crippen LogP contribution in [0.5, 0.6) is 0 Å². The van der Waals surface area contributed by atoms with Crippen molar-refractivity contribution in [1.29, 1.82) is 0 Å². The Balaban J connectivity index is 2.17. The maximum Gasteiger partial charge on any atom is 0.232 e. The second-order valence-electron chi connectivity index (χ2n) is 3.82. The molecule has 0 unspecified atom stereocenters. The summed E-state index contributed by atoms with van der Waals surface area (Å²) in [5.41, 5.74) is 0. The first-order valence-electron chi connectivity index (χ1n) is 5.41. The molecule has 86 valence electrons. The zero-order valence-corrected chi connectivity index (χ0v) is 10.2. The minimum atomic E-state index is 0.207. The summed E-state index contributed by atoms with van der Waals surface area (Å²) in [5, 5.41) is 3.98. The monoisotopic (exact) mass is 228 g/mol. The van der Waals surface area contributed by atoms with Gasteiger partial charge in [-0.3, -0.25) is 4.79 Å². The predicted molar refractivity (Wildman–Crippen MR) is 66.2 cm³/mol. The summed E-state index contributed by atoms with van der Waals surface area (Å²) < 4.78 is 0. The van der Waals surface area contributed by atoms with Crippen LogP contribution in [0, 0.1) is 0 Å². The minimum absolute atomic E-state index is 0.207. The van der Waals surface area contributed by atoms with Crippen molar-refractivity contribution < 1.29 is 4.79 Å². The topological polar surface area (TPSA) is 32.3 Å². The molecule has 1 rings (SSSR count). The molecule has 1 heterocycles. The number of piperidine rings is 1. The third-order valence-corrected chi connectivity index (χ3v) is 3.91. The van der Waals surface area contributed by atoms with E-state index in [-0.39, 0.29) is 5.91 Å². The number of nitrogens with one attached hydrogen (secondary N) is 1. The fraction of sp³-hybridized carbons (Fsp3) is 0.727. The van der Waals surface area contributed by atoms with Crippen molar-refractivity contribution in [2.45, 2.75) is 18.1 Å². The Morgan fingerprint density at radius 3 is 2.87 bits per heavy atom.